The highest BCUT2D eigenvalue weighted by Gasteiger charge is 2.31. The summed E-state index contributed by atoms with van der Waals surface area (Å²) >= 11 is 0. The van der Waals surface area contributed by atoms with Gasteiger partial charge in [-0.05, 0) is 19.3 Å². The van der Waals surface area contributed by atoms with Gasteiger partial charge in [0, 0.05) is 18.6 Å². The molecule has 9 nitrogen and oxygen atoms in total. The van der Waals surface area contributed by atoms with Crippen LogP contribution < -0.4 is 33.2 Å². The second-order valence-electron chi connectivity index (χ2n) is 5.51. The van der Waals surface area contributed by atoms with E-state index in [-0.39, 0.29) is 18.2 Å². The second-order valence-corrected chi connectivity index (χ2v) is 5.51. The van der Waals surface area contributed by atoms with Gasteiger partial charge in [-0.3, -0.25) is 15.4 Å². The van der Waals surface area contributed by atoms with Crippen molar-refractivity contribution in [2.75, 3.05) is 6.54 Å². The molecule has 1 aliphatic heterocycles. The van der Waals surface area contributed by atoms with Crippen LogP contribution in [0.25, 0.3) is 0 Å². The number of nitrogens with one attached hydrogen (secondary N) is 3. The zero-order chi connectivity index (χ0) is 16.7. The molecular weight excluding hydrogens is 288 g/mol. The van der Waals surface area contributed by atoms with E-state index in [0.717, 1.165) is 6.42 Å². The molecule has 1 fully saturated rings. The molecule has 9 heteroatoms. The first-order valence-corrected chi connectivity index (χ1v) is 7.40. The fourth-order valence-electron chi connectivity index (χ4n) is 2.39. The predicted molar refractivity (Wildman–Crippen MR) is 83.1 cm³/mol. The SMILES string of the molecule is C=CC1NC(CNC(=O)C(N)C(N)N)NC1CCCC(O)O. The van der Waals surface area contributed by atoms with Gasteiger partial charge < -0.3 is 32.7 Å². The number of aliphatic hydroxyl groups excluding tert-OH is 1. The monoisotopic (exact) mass is 316 g/mol. The summed E-state index contributed by atoms with van der Waals surface area (Å²) in [6, 6.07) is -0.787. The van der Waals surface area contributed by atoms with Crippen molar-refractivity contribution < 1.29 is 15.0 Å². The lowest BCUT2D eigenvalue weighted by molar-refractivity contribution is -0.122. The summed E-state index contributed by atoms with van der Waals surface area (Å²) in [7, 11) is 0. The third-order valence-corrected chi connectivity index (χ3v) is 3.67. The Morgan fingerprint density at radius 1 is 1.32 bits per heavy atom. The number of rotatable bonds is 9. The van der Waals surface area contributed by atoms with E-state index < -0.39 is 24.4 Å². The summed E-state index contributed by atoms with van der Waals surface area (Å²) in [5.74, 6) is -0.402. The zero-order valence-corrected chi connectivity index (χ0v) is 12.6. The third-order valence-electron chi connectivity index (χ3n) is 3.67. The van der Waals surface area contributed by atoms with Crippen LogP contribution in [-0.2, 0) is 4.79 Å². The molecule has 1 amide bonds. The van der Waals surface area contributed by atoms with Crippen molar-refractivity contribution >= 4 is 5.91 Å². The summed E-state index contributed by atoms with van der Waals surface area (Å²) in [5, 5.41) is 27.0. The quantitative estimate of drug-likeness (QED) is 0.160. The third kappa shape index (κ3) is 5.97. The highest BCUT2D eigenvalue weighted by atomic mass is 16.5. The van der Waals surface area contributed by atoms with Crippen molar-refractivity contribution in [2.24, 2.45) is 17.2 Å². The summed E-state index contributed by atoms with van der Waals surface area (Å²) in [6.07, 6.45) is 1.24. The molecule has 4 atom stereocenters. The molecule has 0 aromatic heterocycles. The normalized spacial score (nSPS) is 26.4. The van der Waals surface area contributed by atoms with Gasteiger partial charge in [-0.1, -0.05) is 6.08 Å². The second kappa shape index (κ2) is 9.16. The fraction of sp³-hybridized carbons (Fsp3) is 0.769. The van der Waals surface area contributed by atoms with Gasteiger partial charge >= 0.3 is 0 Å². The minimum Gasteiger partial charge on any atom is -0.368 e. The average molecular weight is 316 g/mol. The topological polar surface area (TPSA) is 172 Å². The molecule has 128 valence electrons. The summed E-state index contributed by atoms with van der Waals surface area (Å²) in [6.45, 7) is 4.11. The first kappa shape index (κ1) is 19.0. The molecule has 0 saturated carbocycles. The first-order valence-electron chi connectivity index (χ1n) is 7.40. The molecule has 0 spiro atoms. The summed E-state index contributed by atoms with van der Waals surface area (Å²) in [5.41, 5.74) is 16.3. The Balaban J connectivity index is 2.37. The first-order chi connectivity index (χ1) is 10.3. The summed E-state index contributed by atoms with van der Waals surface area (Å²) < 4.78 is 0. The minimum absolute atomic E-state index is 0.0446. The zero-order valence-electron chi connectivity index (χ0n) is 12.6. The predicted octanol–water partition coefficient (Wildman–Crippen LogP) is -3.40. The molecule has 0 bridgehead atoms. The van der Waals surface area contributed by atoms with E-state index in [1.807, 2.05) is 0 Å². The molecule has 22 heavy (non-hydrogen) atoms. The lowest BCUT2D eigenvalue weighted by atomic mass is 10.0. The Labute approximate surface area is 130 Å². The smallest absolute Gasteiger partial charge is 0.240 e. The fourth-order valence-corrected chi connectivity index (χ4v) is 2.39. The molecule has 1 aliphatic rings. The molecule has 11 N–H and O–H groups in total. The van der Waals surface area contributed by atoms with Crippen LogP contribution >= 0.6 is 0 Å². The Bertz CT molecular complexity index is 366. The molecule has 1 heterocycles. The van der Waals surface area contributed by atoms with Crippen molar-refractivity contribution in [2.45, 2.75) is 56.0 Å². The molecule has 0 aromatic rings. The maximum absolute atomic E-state index is 11.7. The number of hydrogen-bond acceptors (Lipinski definition) is 8. The van der Waals surface area contributed by atoms with Crippen LogP contribution in [0.2, 0.25) is 0 Å². The standard InChI is InChI=1S/C13H28N6O3/c1-2-7-8(4-3-5-10(20)21)19-9(18-7)6-17-13(22)11(14)12(15)16/h2,7-12,18-21H,1,3-6,14-16H2,(H,17,22). The van der Waals surface area contributed by atoms with E-state index in [2.05, 4.69) is 22.5 Å². The van der Waals surface area contributed by atoms with Crippen molar-refractivity contribution in [1.29, 1.82) is 0 Å². The van der Waals surface area contributed by atoms with Crippen LogP contribution in [-0.4, -0.2) is 59.4 Å². The highest BCUT2D eigenvalue weighted by Crippen LogP contribution is 2.13. The van der Waals surface area contributed by atoms with Crippen molar-refractivity contribution in [1.82, 2.24) is 16.0 Å². The molecule has 4 unspecified atom stereocenters. The molecule has 0 aliphatic carbocycles. The molecular formula is C13H28N6O3. The van der Waals surface area contributed by atoms with E-state index in [1.54, 1.807) is 6.08 Å². The molecule has 0 aromatic carbocycles. The van der Waals surface area contributed by atoms with Crippen LogP contribution in [0.4, 0.5) is 0 Å². The van der Waals surface area contributed by atoms with Crippen LogP contribution in [0.1, 0.15) is 19.3 Å². The van der Waals surface area contributed by atoms with Gasteiger partial charge in [0.25, 0.3) is 0 Å². The van der Waals surface area contributed by atoms with Gasteiger partial charge in [-0.25, -0.2) is 0 Å². The van der Waals surface area contributed by atoms with E-state index in [1.165, 1.54) is 0 Å². The number of carbonyl (C=O) groups is 1. The largest absolute Gasteiger partial charge is 0.368 e. The lowest BCUT2D eigenvalue weighted by Crippen LogP contribution is -2.58. The number of aliphatic hydroxyl groups is 2. The van der Waals surface area contributed by atoms with Crippen molar-refractivity contribution in [3.8, 4) is 0 Å². The lowest BCUT2D eigenvalue weighted by Gasteiger charge is -2.18. The van der Waals surface area contributed by atoms with Crippen molar-refractivity contribution in [3.05, 3.63) is 12.7 Å². The molecule has 0 radical (unpaired) electrons. The van der Waals surface area contributed by atoms with Crippen molar-refractivity contribution in [3.63, 3.8) is 0 Å². The molecule has 1 rings (SSSR count). The van der Waals surface area contributed by atoms with Gasteiger partial charge in [-0.2, -0.15) is 0 Å². The highest BCUT2D eigenvalue weighted by molar-refractivity contribution is 5.82. The van der Waals surface area contributed by atoms with Crippen LogP contribution in [0.5, 0.6) is 0 Å². The Morgan fingerprint density at radius 2 is 2.00 bits per heavy atom. The Kier molecular flexibility index (Phi) is 7.90. The average Bonchev–Trinajstić information content (AvgIpc) is 2.85. The van der Waals surface area contributed by atoms with Crippen LogP contribution in [0.15, 0.2) is 12.7 Å². The maximum atomic E-state index is 11.7. The number of hydrogen-bond donors (Lipinski definition) is 8. The maximum Gasteiger partial charge on any atom is 0.240 e. The van der Waals surface area contributed by atoms with Gasteiger partial charge in [0.1, 0.15) is 6.04 Å². The van der Waals surface area contributed by atoms with Gasteiger partial charge in [0.15, 0.2) is 6.29 Å². The van der Waals surface area contributed by atoms with Crippen LogP contribution in [0.3, 0.4) is 0 Å². The molecule has 1 saturated heterocycles. The van der Waals surface area contributed by atoms with Gasteiger partial charge in [0.05, 0.1) is 12.3 Å². The van der Waals surface area contributed by atoms with E-state index in [0.29, 0.717) is 19.4 Å². The Hall–Kier alpha value is -1.07. The number of carbonyl (C=O) groups excluding carboxylic acids is 1. The summed E-state index contributed by atoms with van der Waals surface area (Å²) in [4.78, 5) is 11.7. The van der Waals surface area contributed by atoms with E-state index in [9.17, 15) is 4.79 Å². The minimum atomic E-state index is -1.28. The van der Waals surface area contributed by atoms with E-state index >= 15 is 0 Å². The van der Waals surface area contributed by atoms with E-state index in [4.69, 9.17) is 27.4 Å². The number of amides is 1. The Morgan fingerprint density at radius 3 is 2.55 bits per heavy atom. The van der Waals surface area contributed by atoms with Crippen LogP contribution in [0, 0.1) is 0 Å². The van der Waals surface area contributed by atoms with Gasteiger partial charge in [0.2, 0.25) is 5.91 Å². The number of nitrogens with two attached hydrogens (primary N) is 3. The van der Waals surface area contributed by atoms with Gasteiger partial charge in [-0.15, -0.1) is 6.58 Å².